The molecule has 2 aliphatic rings. The van der Waals surface area contributed by atoms with E-state index in [0.717, 1.165) is 24.8 Å². The molecule has 2 aromatic rings. The standard InChI is InChI=1S/C15H19N3O.C8H7N3/c16-14-10-9-13(11-5-2-1-3-6-11)18(14)15(19)17-12-7-4-8-12;9-5-4-7-2-1-3-8(6-10)11-7/h1-3,5-6,12-13,16H,4,7-10H2,(H,17,19);1-5H,9H2/b;5-4-. The molecule has 2 amide bonds. The first-order valence-electron chi connectivity index (χ1n) is 10.1. The summed E-state index contributed by atoms with van der Waals surface area (Å²) in [5.74, 6) is 0.436. The SMILES string of the molecule is N#Cc1cccc(/C=C\N)n1.N=C1CCC(c2ccccc2)N1C(=O)NC1CCC1. The lowest BCUT2D eigenvalue weighted by Crippen LogP contribution is -2.48. The number of likely N-dealkylation sites (tertiary alicyclic amines) is 1. The summed E-state index contributed by atoms with van der Waals surface area (Å²) >= 11 is 0. The van der Waals surface area contributed by atoms with Crippen molar-refractivity contribution in [2.45, 2.75) is 44.2 Å². The number of hydrogen-bond acceptors (Lipinski definition) is 5. The van der Waals surface area contributed by atoms with Gasteiger partial charge in [0.05, 0.1) is 11.7 Å². The second-order valence-electron chi connectivity index (χ2n) is 7.28. The molecule has 4 rings (SSSR count). The number of benzene rings is 1. The fraction of sp³-hybridized carbons (Fsp3) is 0.304. The molecular formula is C23H26N6O. The highest BCUT2D eigenvalue weighted by molar-refractivity contribution is 5.98. The quantitative estimate of drug-likeness (QED) is 0.720. The van der Waals surface area contributed by atoms with Crippen LogP contribution in [0.3, 0.4) is 0 Å². The molecule has 1 aromatic heterocycles. The largest absolute Gasteiger partial charge is 0.405 e. The number of nitrogens with two attached hydrogens (primary N) is 1. The molecule has 1 saturated heterocycles. The van der Waals surface area contributed by atoms with Crippen LogP contribution in [-0.2, 0) is 0 Å². The van der Waals surface area contributed by atoms with E-state index in [-0.39, 0.29) is 12.1 Å². The Morgan fingerprint density at radius 2 is 1.97 bits per heavy atom. The molecule has 0 bridgehead atoms. The van der Waals surface area contributed by atoms with E-state index >= 15 is 0 Å². The maximum Gasteiger partial charge on any atom is 0.323 e. The Morgan fingerprint density at radius 1 is 1.20 bits per heavy atom. The van der Waals surface area contributed by atoms with Crippen molar-refractivity contribution in [3.05, 3.63) is 71.7 Å². The predicted octanol–water partition coefficient (Wildman–Crippen LogP) is 3.95. The zero-order chi connectivity index (χ0) is 21.3. The van der Waals surface area contributed by atoms with Crippen LogP contribution in [0.25, 0.3) is 6.08 Å². The molecule has 0 radical (unpaired) electrons. The van der Waals surface area contributed by atoms with E-state index in [0.29, 0.717) is 29.7 Å². The number of aromatic nitrogens is 1. The first kappa shape index (κ1) is 21.1. The Labute approximate surface area is 176 Å². The second kappa shape index (κ2) is 10.2. The Bertz CT molecular complexity index is 946. The lowest BCUT2D eigenvalue weighted by Gasteiger charge is -2.31. The van der Waals surface area contributed by atoms with Crippen molar-refractivity contribution < 1.29 is 4.79 Å². The highest BCUT2D eigenvalue weighted by Crippen LogP contribution is 2.33. The summed E-state index contributed by atoms with van der Waals surface area (Å²) in [5.41, 5.74) is 7.37. The molecule has 1 aliphatic heterocycles. The Balaban J connectivity index is 0.000000199. The summed E-state index contributed by atoms with van der Waals surface area (Å²) in [4.78, 5) is 17.9. The van der Waals surface area contributed by atoms with Gasteiger partial charge in [0.2, 0.25) is 0 Å². The first-order valence-corrected chi connectivity index (χ1v) is 10.1. The number of rotatable bonds is 3. The molecule has 154 valence electrons. The average Bonchev–Trinajstić information content (AvgIpc) is 3.14. The van der Waals surface area contributed by atoms with Gasteiger partial charge in [-0.05, 0) is 55.7 Å². The number of nitrogens with zero attached hydrogens (tertiary/aromatic N) is 3. The van der Waals surface area contributed by atoms with Crippen molar-refractivity contribution in [3.8, 4) is 6.07 Å². The van der Waals surface area contributed by atoms with Crippen LogP contribution in [-0.4, -0.2) is 27.8 Å². The van der Waals surface area contributed by atoms with Crippen molar-refractivity contribution in [1.29, 1.82) is 10.7 Å². The van der Waals surface area contributed by atoms with Crippen molar-refractivity contribution in [3.63, 3.8) is 0 Å². The van der Waals surface area contributed by atoms with Gasteiger partial charge in [0.1, 0.15) is 17.6 Å². The van der Waals surface area contributed by atoms with Crippen molar-refractivity contribution >= 4 is 17.9 Å². The van der Waals surface area contributed by atoms with Crippen molar-refractivity contribution in [2.24, 2.45) is 5.73 Å². The monoisotopic (exact) mass is 402 g/mol. The molecular weight excluding hydrogens is 376 g/mol. The number of carbonyl (C=O) groups is 1. The molecule has 7 nitrogen and oxygen atoms in total. The zero-order valence-corrected chi connectivity index (χ0v) is 16.8. The predicted molar refractivity (Wildman–Crippen MR) is 116 cm³/mol. The number of amidine groups is 1. The zero-order valence-electron chi connectivity index (χ0n) is 16.8. The Morgan fingerprint density at radius 3 is 2.60 bits per heavy atom. The summed E-state index contributed by atoms with van der Waals surface area (Å²) in [6, 6.07) is 17.4. The topological polar surface area (TPSA) is 119 Å². The van der Waals surface area contributed by atoms with Gasteiger partial charge in [-0.2, -0.15) is 5.26 Å². The van der Waals surface area contributed by atoms with Crippen LogP contribution in [0, 0.1) is 16.7 Å². The first-order chi connectivity index (χ1) is 14.6. The lowest BCUT2D eigenvalue weighted by atomic mass is 9.93. The second-order valence-corrected chi connectivity index (χ2v) is 7.28. The van der Waals surface area contributed by atoms with Crippen LogP contribution in [0.5, 0.6) is 0 Å². The summed E-state index contributed by atoms with van der Waals surface area (Å²) in [7, 11) is 0. The highest BCUT2D eigenvalue weighted by Gasteiger charge is 2.35. The van der Waals surface area contributed by atoms with Crippen LogP contribution >= 0.6 is 0 Å². The third kappa shape index (κ3) is 5.23. The van der Waals surface area contributed by atoms with Crippen LogP contribution in [0.15, 0.2) is 54.7 Å². The summed E-state index contributed by atoms with van der Waals surface area (Å²) < 4.78 is 0. The molecule has 7 heteroatoms. The molecule has 4 N–H and O–H groups in total. The molecule has 1 aromatic carbocycles. The average molecular weight is 403 g/mol. The van der Waals surface area contributed by atoms with Gasteiger partial charge in [-0.15, -0.1) is 0 Å². The smallest absolute Gasteiger partial charge is 0.323 e. The Hall–Kier alpha value is -3.66. The maximum atomic E-state index is 12.3. The normalized spacial score (nSPS) is 18.3. The Kier molecular flexibility index (Phi) is 7.17. The van der Waals surface area contributed by atoms with Crippen LogP contribution in [0.2, 0.25) is 0 Å². The maximum absolute atomic E-state index is 12.3. The number of hydrogen-bond donors (Lipinski definition) is 3. The molecule has 1 saturated carbocycles. The minimum atomic E-state index is -0.0962. The number of nitrogens with one attached hydrogen (secondary N) is 2. The van der Waals surface area contributed by atoms with E-state index in [9.17, 15) is 4.79 Å². The molecule has 2 heterocycles. The van der Waals surface area contributed by atoms with Crippen molar-refractivity contribution in [2.75, 3.05) is 0 Å². The number of urea groups is 1. The van der Waals surface area contributed by atoms with Crippen LogP contribution < -0.4 is 11.1 Å². The van der Waals surface area contributed by atoms with Gasteiger partial charge in [-0.25, -0.2) is 9.78 Å². The molecule has 30 heavy (non-hydrogen) atoms. The summed E-state index contributed by atoms with van der Waals surface area (Å²) in [5, 5.41) is 19.5. The van der Waals surface area contributed by atoms with Crippen molar-refractivity contribution in [1.82, 2.24) is 15.2 Å². The van der Waals surface area contributed by atoms with Gasteiger partial charge >= 0.3 is 6.03 Å². The third-order valence-corrected chi connectivity index (χ3v) is 5.25. The fourth-order valence-corrected chi connectivity index (χ4v) is 3.47. The molecule has 1 atom stereocenters. The van der Waals surface area contributed by atoms with Crippen LogP contribution in [0.4, 0.5) is 4.79 Å². The van der Waals surface area contributed by atoms with Gasteiger partial charge in [-0.3, -0.25) is 10.3 Å². The number of pyridine rings is 1. The van der Waals surface area contributed by atoms with Gasteiger partial charge in [0.15, 0.2) is 0 Å². The number of carbonyl (C=O) groups excluding carboxylic acids is 1. The van der Waals surface area contributed by atoms with E-state index < -0.39 is 0 Å². The van der Waals surface area contributed by atoms with Gasteiger partial charge in [-0.1, -0.05) is 36.4 Å². The highest BCUT2D eigenvalue weighted by atomic mass is 16.2. The molecule has 0 spiro atoms. The van der Waals surface area contributed by atoms with E-state index in [2.05, 4.69) is 10.3 Å². The lowest BCUT2D eigenvalue weighted by molar-refractivity contribution is 0.200. The number of amides is 2. The summed E-state index contributed by atoms with van der Waals surface area (Å²) in [6.45, 7) is 0. The van der Waals surface area contributed by atoms with Gasteiger partial charge < -0.3 is 11.1 Å². The van der Waals surface area contributed by atoms with Gasteiger partial charge in [0.25, 0.3) is 0 Å². The third-order valence-electron chi connectivity index (χ3n) is 5.25. The van der Waals surface area contributed by atoms with Crippen LogP contribution in [0.1, 0.15) is 55.1 Å². The number of nitriles is 1. The van der Waals surface area contributed by atoms with E-state index in [1.54, 1.807) is 29.2 Å². The van der Waals surface area contributed by atoms with E-state index in [1.165, 1.54) is 12.6 Å². The van der Waals surface area contributed by atoms with E-state index in [1.807, 2.05) is 36.4 Å². The minimum absolute atomic E-state index is 0.0220. The van der Waals surface area contributed by atoms with Gasteiger partial charge in [0, 0.05) is 12.5 Å². The van der Waals surface area contributed by atoms with E-state index in [4.69, 9.17) is 16.4 Å². The minimum Gasteiger partial charge on any atom is -0.405 e. The summed E-state index contributed by atoms with van der Waals surface area (Å²) in [6.07, 6.45) is 7.90. The molecule has 1 unspecified atom stereocenters. The fourth-order valence-electron chi connectivity index (χ4n) is 3.47. The molecule has 2 fully saturated rings. The molecule has 1 aliphatic carbocycles.